The summed E-state index contributed by atoms with van der Waals surface area (Å²) in [6, 6.07) is 8.40. The van der Waals surface area contributed by atoms with Gasteiger partial charge in [0, 0.05) is 7.11 Å². The van der Waals surface area contributed by atoms with Crippen LogP contribution in [0.4, 0.5) is 0 Å². The highest BCUT2D eigenvalue weighted by Crippen LogP contribution is 2.27. The third-order valence-corrected chi connectivity index (χ3v) is 4.83. The van der Waals surface area contributed by atoms with E-state index in [4.69, 9.17) is 9.47 Å². The standard InChI is InChI=1S/C12H16O4S/c1-15-11-8-5-9-12(16-11)17(13,14)10-6-3-2-4-7-10/h2-4,6-7,11-12H,5,8-9H2,1H3/t11-,12-/m1/s1. The first kappa shape index (κ1) is 12.5. The molecule has 1 fully saturated rings. The molecular weight excluding hydrogens is 240 g/mol. The topological polar surface area (TPSA) is 52.6 Å². The predicted molar refractivity (Wildman–Crippen MR) is 63.1 cm³/mol. The van der Waals surface area contributed by atoms with Gasteiger partial charge in [-0.15, -0.1) is 0 Å². The summed E-state index contributed by atoms with van der Waals surface area (Å²) < 4.78 is 35.0. The molecule has 0 N–H and O–H groups in total. The average molecular weight is 256 g/mol. The van der Waals surface area contributed by atoms with E-state index in [0.717, 1.165) is 12.8 Å². The summed E-state index contributed by atoms with van der Waals surface area (Å²) in [6.45, 7) is 0. The number of ether oxygens (including phenoxy) is 2. The van der Waals surface area contributed by atoms with Crippen molar-refractivity contribution < 1.29 is 17.9 Å². The first-order valence-electron chi connectivity index (χ1n) is 5.62. The molecule has 0 saturated carbocycles. The molecule has 0 aromatic heterocycles. The van der Waals surface area contributed by atoms with Crippen LogP contribution >= 0.6 is 0 Å². The van der Waals surface area contributed by atoms with Crippen LogP contribution in [0.2, 0.25) is 0 Å². The molecule has 0 amide bonds. The van der Waals surface area contributed by atoms with E-state index < -0.39 is 21.6 Å². The fourth-order valence-electron chi connectivity index (χ4n) is 1.92. The monoisotopic (exact) mass is 256 g/mol. The number of hydrogen-bond donors (Lipinski definition) is 0. The molecule has 0 radical (unpaired) electrons. The normalized spacial score (nSPS) is 25.7. The van der Waals surface area contributed by atoms with Crippen molar-refractivity contribution >= 4 is 9.84 Å². The van der Waals surface area contributed by atoms with Crippen molar-refractivity contribution in [1.82, 2.24) is 0 Å². The van der Waals surface area contributed by atoms with Crippen LogP contribution in [0.15, 0.2) is 35.2 Å². The Morgan fingerprint density at radius 2 is 1.94 bits per heavy atom. The molecule has 1 saturated heterocycles. The SMILES string of the molecule is CO[C@H]1CCC[C@@H](S(=O)(=O)c2ccccc2)O1. The van der Waals surface area contributed by atoms with Gasteiger partial charge in [-0.3, -0.25) is 0 Å². The first-order chi connectivity index (χ1) is 8.14. The molecule has 1 aromatic carbocycles. The molecule has 4 nitrogen and oxygen atoms in total. The molecule has 1 aliphatic heterocycles. The van der Waals surface area contributed by atoms with Gasteiger partial charge < -0.3 is 9.47 Å². The van der Waals surface area contributed by atoms with E-state index in [1.165, 1.54) is 7.11 Å². The van der Waals surface area contributed by atoms with Crippen molar-refractivity contribution in [1.29, 1.82) is 0 Å². The minimum absolute atomic E-state index is 0.307. The Morgan fingerprint density at radius 1 is 1.24 bits per heavy atom. The van der Waals surface area contributed by atoms with Gasteiger partial charge in [0.25, 0.3) is 0 Å². The van der Waals surface area contributed by atoms with E-state index in [-0.39, 0.29) is 0 Å². The van der Waals surface area contributed by atoms with E-state index in [1.807, 2.05) is 0 Å². The van der Waals surface area contributed by atoms with Crippen LogP contribution in [-0.4, -0.2) is 27.3 Å². The zero-order chi connectivity index (χ0) is 12.3. The lowest BCUT2D eigenvalue weighted by molar-refractivity contribution is -0.157. The zero-order valence-electron chi connectivity index (χ0n) is 9.70. The highest BCUT2D eigenvalue weighted by atomic mass is 32.2. The summed E-state index contributed by atoms with van der Waals surface area (Å²) in [4.78, 5) is 0.307. The van der Waals surface area contributed by atoms with Crippen LogP contribution in [-0.2, 0) is 19.3 Å². The van der Waals surface area contributed by atoms with Gasteiger partial charge in [0.2, 0.25) is 9.84 Å². The number of methoxy groups -OCH3 is 1. The van der Waals surface area contributed by atoms with Crippen LogP contribution in [0.1, 0.15) is 19.3 Å². The average Bonchev–Trinajstić information content (AvgIpc) is 2.40. The molecule has 1 aromatic rings. The maximum Gasteiger partial charge on any atom is 0.205 e. The summed E-state index contributed by atoms with van der Waals surface area (Å²) in [6.07, 6.45) is 1.66. The second-order valence-corrected chi connectivity index (χ2v) is 6.11. The van der Waals surface area contributed by atoms with Crippen molar-refractivity contribution in [3.63, 3.8) is 0 Å². The third-order valence-electron chi connectivity index (χ3n) is 2.86. The molecule has 2 rings (SSSR count). The minimum Gasteiger partial charge on any atom is -0.356 e. The van der Waals surface area contributed by atoms with Crippen LogP contribution in [0.25, 0.3) is 0 Å². The molecule has 17 heavy (non-hydrogen) atoms. The van der Waals surface area contributed by atoms with Gasteiger partial charge in [-0.1, -0.05) is 18.2 Å². The van der Waals surface area contributed by atoms with Gasteiger partial charge in [0.15, 0.2) is 11.7 Å². The smallest absolute Gasteiger partial charge is 0.205 e. The lowest BCUT2D eigenvalue weighted by atomic mass is 10.2. The van der Waals surface area contributed by atoms with Crippen molar-refractivity contribution in [2.45, 2.75) is 35.9 Å². The van der Waals surface area contributed by atoms with Crippen molar-refractivity contribution in [3.05, 3.63) is 30.3 Å². The van der Waals surface area contributed by atoms with Crippen LogP contribution in [0.5, 0.6) is 0 Å². The lowest BCUT2D eigenvalue weighted by Gasteiger charge is -2.28. The minimum atomic E-state index is -3.41. The van der Waals surface area contributed by atoms with E-state index in [1.54, 1.807) is 30.3 Å². The van der Waals surface area contributed by atoms with Crippen molar-refractivity contribution in [2.24, 2.45) is 0 Å². The molecule has 0 spiro atoms. The van der Waals surface area contributed by atoms with Crippen LogP contribution < -0.4 is 0 Å². The van der Waals surface area contributed by atoms with E-state index in [2.05, 4.69) is 0 Å². The van der Waals surface area contributed by atoms with Gasteiger partial charge in [-0.05, 0) is 31.4 Å². The van der Waals surface area contributed by atoms with Crippen LogP contribution in [0.3, 0.4) is 0 Å². The molecule has 94 valence electrons. The highest BCUT2D eigenvalue weighted by Gasteiger charge is 2.33. The third kappa shape index (κ3) is 2.68. The Bertz CT molecular complexity index is 455. The van der Waals surface area contributed by atoms with Gasteiger partial charge in [-0.25, -0.2) is 8.42 Å². The Kier molecular flexibility index (Phi) is 3.81. The summed E-state index contributed by atoms with van der Waals surface area (Å²) in [5, 5.41) is 0. The fourth-order valence-corrected chi connectivity index (χ4v) is 3.51. The highest BCUT2D eigenvalue weighted by molar-refractivity contribution is 7.91. The van der Waals surface area contributed by atoms with Gasteiger partial charge in [0.1, 0.15) is 0 Å². The molecular formula is C12H16O4S. The summed E-state index contributed by atoms with van der Waals surface area (Å²) in [5.74, 6) is 0. The first-order valence-corrected chi connectivity index (χ1v) is 7.16. The molecule has 0 aliphatic carbocycles. The fraction of sp³-hybridized carbons (Fsp3) is 0.500. The summed E-state index contributed by atoms with van der Waals surface area (Å²) in [5.41, 5.74) is -0.788. The summed E-state index contributed by atoms with van der Waals surface area (Å²) >= 11 is 0. The number of sulfone groups is 1. The van der Waals surface area contributed by atoms with Crippen LogP contribution in [0, 0.1) is 0 Å². The quantitative estimate of drug-likeness (QED) is 0.829. The summed E-state index contributed by atoms with van der Waals surface area (Å²) in [7, 11) is -1.88. The van der Waals surface area contributed by atoms with Crippen molar-refractivity contribution in [3.8, 4) is 0 Å². The number of hydrogen-bond acceptors (Lipinski definition) is 4. The van der Waals surface area contributed by atoms with E-state index in [0.29, 0.717) is 11.3 Å². The van der Waals surface area contributed by atoms with E-state index in [9.17, 15) is 8.42 Å². The number of rotatable bonds is 3. The maximum atomic E-state index is 12.3. The number of benzene rings is 1. The lowest BCUT2D eigenvalue weighted by Crippen LogP contribution is -2.34. The van der Waals surface area contributed by atoms with Gasteiger partial charge >= 0.3 is 0 Å². The zero-order valence-corrected chi connectivity index (χ0v) is 10.5. The predicted octanol–water partition coefficient (Wildman–Crippen LogP) is 1.96. The Hall–Kier alpha value is -0.910. The van der Waals surface area contributed by atoms with E-state index >= 15 is 0 Å². The van der Waals surface area contributed by atoms with Crippen molar-refractivity contribution in [2.75, 3.05) is 7.11 Å². The second kappa shape index (κ2) is 5.16. The molecule has 1 heterocycles. The maximum absolute atomic E-state index is 12.3. The Labute approximate surface area is 101 Å². The molecule has 5 heteroatoms. The van der Waals surface area contributed by atoms with Gasteiger partial charge in [0.05, 0.1) is 4.90 Å². The largest absolute Gasteiger partial charge is 0.356 e. The second-order valence-electron chi connectivity index (χ2n) is 4.02. The Balaban J connectivity index is 2.21. The van der Waals surface area contributed by atoms with Gasteiger partial charge in [-0.2, -0.15) is 0 Å². The molecule has 1 aliphatic rings. The molecule has 0 unspecified atom stereocenters. The molecule has 0 bridgehead atoms. The molecule has 2 atom stereocenters. The Morgan fingerprint density at radius 3 is 2.59 bits per heavy atom.